The minimum absolute atomic E-state index is 0.0704. The third kappa shape index (κ3) is 5.73. The van der Waals surface area contributed by atoms with Gasteiger partial charge in [0.25, 0.3) is 0 Å². The van der Waals surface area contributed by atoms with Crippen LogP contribution < -0.4 is 10.2 Å². The quantitative estimate of drug-likeness (QED) is 0.684. The molecule has 9 nitrogen and oxygen atoms in total. The zero-order valence-electron chi connectivity index (χ0n) is 13.0. The average Bonchev–Trinajstić information content (AvgIpc) is 2.72. The summed E-state index contributed by atoms with van der Waals surface area (Å²) in [6, 6.07) is 0.283. The Morgan fingerprint density at radius 3 is 2.35 bits per heavy atom. The van der Waals surface area contributed by atoms with Crippen LogP contribution in [-0.2, 0) is 20.8 Å². The number of carboxylic acids is 2. The SMILES string of the molecule is CC(C)Nc1ncc2c(n1)N(C)C(=O)C2.O=C(O)C=CC(=O)O. The highest BCUT2D eigenvalue weighted by Gasteiger charge is 2.26. The molecule has 2 rings (SSSR count). The lowest BCUT2D eigenvalue weighted by Crippen LogP contribution is -2.22. The van der Waals surface area contributed by atoms with Crippen LogP contribution >= 0.6 is 0 Å². The third-order valence-electron chi connectivity index (χ3n) is 2.66. The molecule has 0 radical (unpaired) electrons. The summed E-state index contributed by atoms with van der Waals surface area (Å²) in [6.45, 7) is 4.04. The molecule has 0 spiro atoms. The van der Waals surface area contributed by atoms with Crippen molar-refractivity contribution in [3.63, 3.8) is 0 Å². The summed E-state index contributed by atoms with van der Waals surface area (Å²) < 4.78 is 0. The number of carbonyl (C=O) groups excluding carboxylic acids is 1. The van der Waals surface area contributed by atoms with Crippen molar-refractivity contribution in [2.24, 2.45) is 0 Å². The fraction of sp³-hybridized carbons (Fsp3) is 0.357. The first kappa shape index (κ1) is 18.1. The lowest BCUT2D eigenvalue weighted by Gasteiger charge is -2.11. The number of nitrogens with one attached hydrogen (secondary N) is 1. The Bertz CT molecular complexity index is 626. The maximum atomic E-state index is 11.4. The van der Waals surface area contributed by atoms with Crippen LogP contribution in [0.25, 0.3) is 0 Å². The number of amides is 1. The largest absolute Gasteiger partial charge is 0.478 e. The minimum atomic E-state index is -1.26. The molecule has 0 saturated carbocycles. The number of carbonyl (C=O) groups is 3. The Kier molecular flexibility index (Phi) is 6.19. The molecular weight excluding hydrogens is 304 g/mol. The fourth-order valence-corrected chi connectivity index (χ4v) is 1.68. The molecule has 1 amide bonds. The number of anilines is 2. The molecule has 1 aliphatic rings. The average molecular weight is 322 g/mol. The van der Waals surface area contributed by atoms with E-state index in [1.165, 1.54) is 0 Å². The van der Waals surface area contributed by atoms with Crippen LogP contribution in [0.5, 0.6) is 0 Å². The van der Waals surface area contributed by atoms with E-state index >= 15 is 0 Å². The van der Waals surface area contributed by atoms with Crippen LogP contribution in [0.4, 0.5) is 11.8 Å². The van der Waals surface area contributed by atoms with Gasteiger partial charge in [0.05, 0.1) is 6.42 Å². The molecule has 1 aromatic rings. The maximum absolute atomic E-state index is 11.4. The first-order valence-electron chi connectivity index (χ1n) is 6.73. The van der Waals surface area contributed by atoms with Gasteiger partial charge in [0, 0.05) is 37.0 Å². The number of aromatic nitrogens is 2. The van der Waals surface area contributed by atoms with Gasteiger partial charge in [-0.15, -0.1) is 0 Å². The fourth-order valence-electron chi connectivity index (χ4n) is 1.68. The number of hydrogen-bond donors (Lipinski definition) is 3. The van der Waals surface area contributed by atoms with E-state index in [0.717, 1.165) is 11.4 Å². The minimum Gasteiger partial charge on any atom is -0.478 e. The molecule has 0 bridgehead atoms. The predicted octanol–water partition coefficient (Wildman–Crippen LogP) is 0.528. The van der Waals surface area contributed by atoms with Crippen molar-refractivity contribution < 1.29 is 24.6 Å². The van der Waals surface area contributed by atoms with Crippen molar-refractivity contribution in [1.82, 2.24) is 9.97 Å². The molecule has 0 atom stereocenters. The number of carboxylic acid groups (broad SMARTS) is 2. The summed E-state index contributed by atoms with van der Waals surface area (Å²) in [4.78, 5) is 40.5. The van der Waals surface area contributed by atoms with E-state index in [1.807, 2.05) is 13.8 Å². The monoisotopic (exact) mass is 322 g/mol. The molecule has 0 saturated heterocycles. The summed E-state index contributed by atoms with van der Waals surface area (Å²) in [6.07, 6.45) is 3.24. The molecular formula is C14H18N4O5. The number of nitrogens with zero attached hydrogens (tertiary/aromatic N) is 3. The van der Waals surface area contributed by atoms with Crippen molar-refractivity contribution in [3.8, 4) is 0 Å². The van der Waals surface area contributed by atoms with Gasteiger partial charge in [0.1, 0.15) is 5.82 Å². The number of hydrogen-bond acceptors (Lipinski definition) is 6. The van der Waals surface area contributed by atoms with Crippen molar-refractivity contribution in [3.05, 3.63) is 23.9 Å². The summed E-state index contributed by atoms with van der Waals surface area (Å²) in [5, 5.41) is 18.7. The Morgan fingerprint density at radius 1 is 1.30 bits per heavy atom. The zero-order chi connectivity index (χ0) is 17.6. The van der Waals surface area contributed by atoms with Crippen molar-refractivity contribution in [2.45, 2.75) is 26.3 Å². The first-order valence-corrected chi connectivity index (χ1v) is 6.73. The third-order valence-corrected chi connectivity index (χ3v) is 2.66. The van der Waals surface area contributed by atoms with Crippen LogP contribution in [0.2, 0.25) is 0 Å². The van der Waals surface area contributed by atoms with Gasteiger partial charge in [-0.3, -0.25) is 9.69 Å². The van der Waals surface area contributed by atoms with Crippen LogP contribution in [0.15, 0.2) is 18.3 Å². The normalized spacial score (nSPS) is 12.9. The van der Waals surface area contributed by atoms with E-state index in [-0.39, 0.29) is 11.9 Å². The van der Waals surface area contributed by atoms with Crippen molar-refractivity contribution in [1.29, 1.82) is 0 Å². The Labute approximate surface area is 132 Å². The summed E-state index contributed by atoms with van der Waals surface area (Å²) in [5.74, 6) is -1.15. The van der Waals surface area contributed by atoms with Gasteiger partial charge in [0.2, 0.25) is 11.9 Å². The van der Waals surface area contributed by atoms with Gasteiger partial charge in [0.15, 0.2) is 0 Å². The number of aliphatic carboxylic acids is 2. The molecule has 23 heavy (non-hydrogen) atoms. The second-order valence-corrected chi connectivity index (χ2v) is 4.98. The molecule has 9 heteroatoms. The van der Waals surface area contributed by atoms with E-state index in [1.54, 1.807) is 18.1 Å². The standard InChI is InChI=1S/C10H14N4O.C4H4O4/c1-6(2)12-10-11-5-7-4-8(15)14(3)9(7)13-10;5-3(6)1-2-4(7)8/h5-6H,4H2,1-3H3,(H,11,12,13);1-2H,(H,5,6)(H,7,8). The van der Waals surface area contributed by atoms with Crippen LogP contribution in [0, 0.1) is 0 Å². The highest BCUT2D eigenvalue weighted by molar-refractivity contribution is 5.99. The van der Waals surface area contributed by atoms with Gasteiger partial charge in [-0.25, -0.2) is 14.6 Å². The highest BCUT2D eigenvalue weighted by Crippen LogP contribution is 2.25. The second kappa shape index (κ2) is 7.87. The molecule has 2 heterocycles. The lowest BCUT2D eigenvalue weighted by molar-refractivity contribution is -0.134. The lowest BCUT2D eigenvalue weighted by atomic mass is 10.3. The molecule has 0 fully saturated rings. The Hall–Kier alpha value is -2.97. The maximum Gasteiger partial charge on any atom is 0.328 e. The predicted molar refractivity (Wildman–Crippen MR) is 82.3 cm³/mol. The first-order chi connectivity index (χ1) is 10.7. The summed E-state index contributed by atoms with van der Waals surface area (Å²) in [5.41, 5.74) is 0.900. The molecule has 1 aromatic heterocycles. The molecule has 124 valence electrons. The van der Waals surface area contributed by atoms with Crippen LogP contribution in [0.3, 0.4) is 0 Å². The van der Waals surface area contributed by atoms with Crippen LogP contribution in [0.1, 0.15) is 19.4 Å². The second-order valence-electron chi connectivity index (χ2n) is 4.98. The van der Waals surface area contributed by atoms with Gasteiger partial charge < -0.3 is 15.5 Å². The van der Waals surface area contributed by atoms with Gasteiger partial charge >= 0.3 is 11.9 Å². The zero-order valence-corrected chi connectivity index (χ0v) is 13.0. The smallest absolute Gasteiger partial charge is 0.328 e. The van der Waals surface area contributed by atoms with E-state index in [9.17, 15) is 14.4 Å². The summed E-state index contributed by atoms with van der Waals surface area (Å²) in [7, 11) is 1.74. The van der Waals surface area contributed by atoms with Gasteiger partial charge in [-0.2, -0.15) is 4.98 Å². The molecule has 0 aliphatic carbocycles. The molecule has 3 N–H and O–H groups in total. The van der Waals surface area contributed by atoms with Crippen LogP contribution in [-0.4, -0.2) is 51.1 Å². The van der Waals surface area contributed by atoms with E-state index in [0.29, 0.717) is 24.5 Å². The van der Waals surface area contributed by atoms with E-state index < -0.39 is 11.9 Å². The molecule has 0 unspecified atom stereocenters. The topological polar surface area (TPSA) is 133 Å². The number of fused-ring (bicyclic) bond motifs is 1. The number of likely N-dealkylation sites (N-methyl/N-ethyl adjacent to an activating group) is 1. The van der Waals surface area contributed by atoms with Crippen molar-refractivity contribution in [2.75, 3.05) is 17.3 Å². The van der Waals surface area contributed by atoms with E-state index in [4.69, 9.17) is 10.2 Å². The highest BCUT2D eigenvalue weighted by atomic mass is 16.4. The number of rotatable bonds is 4. The summed E-state index contributed by atoms with van der Waals surface area (Å²) >= 11 is 0. The Balaban J connectivity index is 0.000000284. The molecule has 0 aromatic carbocycles. The van der Waals surface area contributed by atoms with Gasteiger partial charge in [-0.1, -0.05) is 0 Å². The molecule has 1 aliphatic heterocycles. The van der Waals surface area contributed by atoms with Crippen molar-refractivity contribution >= 4 is 29.6 Å². The van der Waals surface area contributed by atoms with E-state index in [2.05, 4.69) is 15.3 Å². The Morgan fingerprint density at radius 2 is 1.87 bits per heavy atom. The van der Waals surface area contributed by atoms with Gasteiger partial charge in [-0.05, 0) is 13.8 Å².